The molecule has 0 radical (unpaired) electrons. The van der Waals surface area contributed by atoms with Crippen LogP contribution in [0.15, 0.2) is 18.2 Å². The van der Waals surface area contributed by atoms with Crippen LogP contribution in [0.25, 0.3) is 0 Å². The highest BCUT2D eigenvalue weighted by atomic mass is 35.5. The summed E-state index contributed by atoms with van der Waals surface area (Å²) in [6.45, 7) is 3.65. The number of anilines is 1. The first kappa shape index (κ1) is 13.4. The van der Waals surface area contributed by atoms with Gasteiger partial charge in [-0.05, 0) is 32.0 Å². The number of halogens is 1. The summed E-state index contributed by atoms with van der Waals surface area (Å²) in [5, 5.41) is 10.1. The molecule has 0 atom stereocenters. The molecule has 19 heavy (non-hydrogen) atoms. The lowest BCUT2D eigenvalue weighted by molar-refractivity contribution is 0.102. The molecule has 1 heterocycles. The molecule has 0 fully saturated rings. The molecule has 2 N–H and O–H groups in total. The van der Waals surface area contributed by atoms with E-state index in [1.54, 1.807) is 18.2 Å². The summed E-state index contributed by atoms with van der Waals surface area (Å²) in [6, 6.07) is 4.90. The Bertz CT molecular complexity index is 603. The monoisotopic (exact) mass is 279 g/mol. The molecular weight excluding hydrogens is 266 g/mol. The van der Waals surface area contributed by atoms with Crippen molar-refractivity contribution in [1.82, 2.24) is 10.2 Å². The smallest absolute Gasteiger partial charge is 0.259 e. The van der Waals surface area contributed by atoms with Crippen molar-refractivity contribution < 1.29 is 9.53 Å². The molecule has 0 saturated carbocycles. The Morgan fingerprint density at radius 3 is 2.74 bits per heavy atom. The highest BCUT2D eigenvalue weighted by Crippen LogP contribution is 2.25. The minimum atomic E-state index is -0.285. The van der Waals surface area contributed by atoms with E-state index in [9.17, 15) is 4.79 Å². The number of nitrogens with one attached hydrogen (secondary N) is 2. The van der Waals surface area contributed by atoms with Crippen molar-refractivity contribution in [3.05, 3.63) is 40.2 Å². The average Bonchev–Trinajstić information content (AvgIpc) is 2.70. The maximum absolute atomic E-state index is 12.3. The summed E-state index contributed by atoms with van der Waals surface area (Å²) in [6.07, 6.45) is 0. The molecule has 0 aliphatic rings. The largest absolute Gasteiger partial charge is 0.496 e. The zero-order valence-corrected chi connectivity index (χ0v) is 11.6. The Balaban J connectivity index is 2.32. The Morgan fingerprint density at radius 2 is 2.16 bits per heavy atom. The summed E-state index contributed by atoms with van der Waals surface area (Å²) in [7, 11) is 1.51. The molecule has 1 aromatic heterocycles. The van der Waals surface area contributed by atoms with Crippen molar-refractivity contribution in [2.75, 3.05) is 12.4 Å². The summed E-state index contributed by atoms with van der Waals surface area (Å²) < 4.78 is 5.16. The highest BCUT2D eigenvalue weighted by molar-refractivity contribution is 6.31. The normalized spacial score (nSPS) is 10.3. The number of aryl methyl sites for hydroxylation is 2. The molecule has 1 amide bonds. The Morgan fingerprint density at radius 1 is 1.42 bits per heavy atom. The summed E-state index contributed by atoms with van der Waals surface area (Å²) in [4.78, 5) is 12.3. The number of carbonyl (C=O) groups is 1. The molecule has 2 aromatic rings. The Labute approximate surface area is 115 Å². The third kappa shape index (κ3) is 2.71. The van der Waals surface area contributed by atoms with Crippen molar-refractivity contribution >= 4 is 23.2 Å². The second kappa shape index (κ2) is 5.32. The number of amides is 1. The molecule has 1 aromatic carbocycles. The number of carbonyl (C=O) groups excluding carboxylic acids is 1. The van der Waals surface area contributed by atoms with Gasteiger partial charge in [0.05, 0.1) is 29.7 Å². The summed E-state index contributed by atoms with van der Waals surface area (Å²) >= 11 is 5.91. The van der Waals surface area contributed by atoms with Crippen LogP contribution in [0.5, 0.6) is 5.75 Å². The maximum atomic E-state index is 12.3. The van der Waals surface area contributed by atoms with Gasteiger partial charge in [0, 0.05) is 5.02 Å². The third-order valence-corrected chi connectivity index (χ3v) is 3.01. The Kier molecular flexibility index (Phi) is 3.76. The van der Waals surface area contributed by atoms with E-state index in [0.717, 1.165) is 11.4 Å². The van der Waals surface area contributed by atoms with E-state index in [0.29, 0.717) is 22.0 Å². The third-order valence-electron chi connectivity index (χ3n) is 2.77. The second-order valence-corrected chi connectivity index (χ2v) is 4.54. The SMILES string of the molecule is COc1ccc(Cl)cc1C(=O)Nc1c(C)n[nH]c1C. The molecule has 6 heteroatoms. The van der Waals surface area contributed by atoms with E-state index >= 15 is 0 Å². The number of H-pyrrole nitrogens is 1. The molecule has 0 unspecified atom stereocenters. The summed E-state index contributed by atoms with van der Waals surface area (Å²) in [5.74, 6) is 0.188. The molecule has 0 aliphatic carbocycles. The zero-order valence-electron chi connectivity index (χ0n) is 10.9. The molecule has 0 saturated heterocycles. The van der Waals surface area contributed by atoms with Crippen molar-refractivity contribution in [3.63, 3.8) is 0 Å². The number of aromatic amines is 1. The van der Waals surface area contributed by atoms with Gasteiger partial charge in [-0.15, -0.1) is 0 Å². The van der Waals surface area contributed by atoms with E-state index in [2.05, 4.69) is 15.5 Å². The fraction of sp³-hybridized carbons (Fsp3) is 0.231. The second-order valence-electron chi connectivity index (χ2n) is 4.11. The van der Waals surface area contributed by atoms with E-state index in [4.69, 9.17) is 16.3 Å². The van der Waals surface area contributed by atoms with Crippen molar-refractivity contribution in [2.45, 2.75) is 13.8 Å². The number of aromatic nitrogens is 2. The van der Waals surface area contributed by atoms with Crippen LogP contribution in [-0.2, 0) is 0 Å². The first-order chi connectivity index (χ1) is 9.02. The van der Waals surface area contributed by atoms with Gasteiger partial charge in [-0.3, -0.25) is 9.89 Å². The van der Waals surface area contributed by atoms with Gasteiger partial charge in [-0.1, -0.05) is 11.6 Å². The number of ether oxygens (including phenoxy) is 1. The fourth-order valence-corrected chi connectivity index (χ4v) is 1.95. The number of rotatable bonds is 3. The number of methoxy groups -OCH3 is 1. The molecule has 0 bridgehead atoms. The predicted octanol–water partition coefficient (Wildman–Crippen LogP) is 2.94. The van der Waals surface area contributed by atoms with Crippen molar-refractivity contribution in [1.29, 1.82) is 0 Å². The lowest BCUT2D eigenvalue weighted by Crippen LogP contribution is -2.14. The number of nitrogens with zero attached hydrogens (tertiary/aromatic N) is 1. The van der Waals surface area contributed by atoms with Crippen LogP contribution in [0.1, 0.15) is 21.7 Å². The lowest BCUT2D eigenvalue weighted by atomic mass is 10.1. The van der Waals surface area contributed by atoms with Crippen LogP contribution in [-0.4, -0.2) is 23.2 Å². The number of hydrogen-bond donors (Lipinski definition) is 2. The van der Waals surface area contributed by atoms with Crippen LogP contribution in [0.3, 0.4) is 0 Å². The lowest BCUT2D eigenvalue weighted by Gasteiger charge is -2.09. The maximum Gasteiger partial charge on any atom is 0.259 e. The van der Waals surface area contributed by atoms with Crippen LogP contribution in [0.4, 0.5) is 5.69 Å². The number of benzene rings is 1. The molecular formula is C13H14ClN3O2. The minimum absolute atomic E-state index is 0.285. The van der Waals surface area contributed by atoms with Crippen molar-refractivity contribution in [3.8, 4) is 5.75 Å². The molecule has 100 valence electrons. The van der Waals surface area contributed by atoms with Crippen LogP contribution >= 0.6 is 11.6 Å². The van der Waals surface area contributed by atoms with E-state index < -0.39 is 0 Å². The molecule has 5 nitrogen and oxygen atoms in total. The fourth-order valence-electron chi connectivity index (χ4n) is 1.77. The van der Waals surface area contributed by atoms with E-state index in [-0.39, 0.29) is 5.91 Å². The van der Waals surface area contributed by atoms with E-state index in [1.807, 2.05) is 13.8 Å². The molecule has 0 spiro atoms. The predicted molar refractivity (Wildman–Crippen MR) is 74.0 cm³/mol. The Hall–Kier alpha value is -2.01. The van der Waals surface area contributed by atoms with Gasteiger partial charge in [0.1, 0.15) is 5.75 Å². The van der Waals surface area contributed by atoms with Gasteiger partial charge in [-0.2, -0.15) is 5.10 Å². The van der Waals surface area contributed by atoms with Gasteiger partial charge in [0.25, 0.3) is 5.91 Å². The number of hydrogen-bond acceptors (Lipinski definition) is 3. The van der Waals surface area contributed by atoms with Gasteiger partial charge >= 0.3 is 0 Å². The molecule has 2 rings (SSSR count). The quantitative estimate of drug-likeness (QED) is 0.908. The topological polar surface area (TPSA) is 67.0 Å². The first-order valence-electron chi connectivity index (χ1n) is 5.69. The molecule has 0 aliphatic heterocycles. The highest BCUT2D eigenvalue weighted by Gasteiger charge is 2.16. The van der Waals surface area contributed by atoms with Gasteiger partial charge < -0.3 is 10.1 Å². The van der Waals surface area contributed by atoms with Gasteiger partial charge in [0.15, 0.2) is 0 Å². The first-order valence-corrected chi connectivity index (χ1v) is 6.07. The zero-order chi connectivity index (χ0) is 14.0. The standard InChI is InChI=1S/C13H14ClN3O2/c1-7-12(8(2)17-16-7)15-13(18)10-6-9(14)4-5-11(10)19-3/h4-6H,1-3H3,(H,15,18)(H,16,17). The van der Waals surface area contributed by atoms with E-state index in [1.165, 1.54) is 7.11 Å². The van der Waals surface area contributed by atoms with Crippen molar-refractivity contribution in [2.24, 2.45) is 0 Å². The average molecular weight is 280 g/mol. The summed E-state index contributed by atoms with van der Waals surface area (Å²) in [5.41, 5.74) is 2.58. The minimum Gasteiger partial charge on any atom is -0.496 e. The van der Waals surface area contributed by atoms with Crippen LogP contribution < -0.4 is 10.1 Å². The van der Waals surface area contributed by atoms with Gasteiger partial charge in [0.2, 0.25) is 0 Å². The van der Waals surface area contributed by atoms with Gasteiger partial charge in [-0.25, -0.2) is 0 Å². The van der Waals surface area contributed by atoms with Crippen LogP contribution in [0, 0.1) is 13.8 Å². The van der Waals surface area contributed by atoms with Crippen LogP contribution in [0.2, 0.25) is 5.02 Å².